The molecule has 1 heterocycles. The van der Waals surface area contributed by atoms with E-state index in [0.717, 1.165) is 23.1 Å². The van der Waals surface area contributed by atoms with Gasteiger partial charge in [0.2, 0.25) is 0 Å². The van der Waals surface area contributed by atoms with E-state index in [4.69, 9.17) is 23.2 Å². The number of nitro benzene ring substituents is 1. The standard InChI is InChI=1S/C19H15Cl2N2O2.ClH/c20-18-6-3-16(12-19(18)21)13-22-9-7-15(8-10-22)11-14-1-4-17(5-2-14)23(24)25;/h1-10,12H,11,13H2;1H/q+1;/p-1. The molecule has 0 fully saturated rings. The van der Waals surface area contributed by atoms with Gasteiger partial charge in [-0.05, 0) is 29.7 Å². The van der Waals surface area contributed by atoms with E-state index in [1.165, 1.54) is 12.1 Å². The SMILES string of the molecule is O=[N+]([O-])c1ccc(Cc2cc[n+](Cc3ccc(Cl)c(Cl)c3)cc2)cc1.[Cl-]. The molecule has 0 saturated heterocycles. The van der Waals surface area contributed by atoms with Gasteiger partial charge < -0.3 is 12.4 Å². The molecule has 0 saturated carbocycles. The van der Waals surface area contributed by atoms with E-state index in [2.05, 4.69) is 4.57 Å². The summed E-state index contributed by atoms with van der Waals surface area (Å²) in [4.78, 5) is 10.3. The van der Waals surface area contributed by atoms with Crippen LogP contribution in [0.2, 0.25) is 10.0 Å². The first-order valence-corrected chi connectivity index (χ1v) is 8.42. The molecule has 0 radical (unpaired) electrons. The molecule has 3 aromatic rings. The van der Waals surface area contributed by atoms with Crippen molar-refractivity contribution in [2.24, 2.45) is 0 Å². The summed E-state index contributed by atoms with van der Waals surface area (Å²) in [6, 6.07) is 16.3. The Balaban J connectivity index is 0.00000243. The number of hydrogen-bond donors (Lipinski definition) is 0. The second kappa shape index (κ2) is 8.99. The van der Waals surface area contributed by atoms with Gasteiger partial charge >= 0.3 is 0 Å². The largest absolute Gasteiger partial charge is 1.00 e. The van der Waals surface area contributed by atoms with E-state index in [0.29, 0.717) is 16.6 Å². The average Bonchev–Trinajstić information content (AvgIpc) is 2.60. The minimum absolute atomic E-state index is 0. The summed E-state index contributed by atoms with van der Waals surface area (Å²) in [6.07, 6.45) is 4.73. The summed E-state index contributed by atoms with van der Waals surface area (Å²) in [6.45, 7) is 0.703. The van der Waals surface area contributed by atoms with Gasteiger partial charge in [0.1, 0.15) is 0 Å². The molecule has 26 heavy (non-hydrogen) atoms. The lowest BCUT2D eigenvalue weighted by Gasteiger charge is -2.03. The first-order chi connectivity index (χ1) is 12.0. The minimum atomic E-state index is -0.391. The maximum Gasteiger partial charge on any atom is 0.269 e. The molecular weight excluding hydrogens is 395 g/mol. The molecule has 7 heteroatoms. The zero-order valence-electron chi connectivity index (χ0n) is 13.6. The minimum Gasteiger partial charge on any atom is -1.00 e. The van der Waals surface area contributed by atoms with Crippen LogP contribution < -0.4 is 17.0 Å². The Bertz CT molecular complexity index is 898. The zero-order valence-corrected chi connectivity index (χ0v) is 15.9. The van der Waals surface area contributed by atoms with Gasteiger partial charge in [0.15, 0.2) is 18.9 Å². The molecular formula is C19H15Cl3N2O2. The highest BCUT2D eigenvalue weighted by atomic mass is 35.5. The molecule has 0 bridgehead atoms. The van der Waals surface area contributed by atoms with Gasteiger partial charge in [-0.25, -0.2) is 4.57 Å². The van der Waals surface area contributed by atoms with Crippen LogP contribution in [0.4, 0.5) is 5.69 Å². The lowest BCUT2D eigenvalue weighted by molar-refractivity contribution is -0.688. The molecule has 0 N–H and O–H groups in total. The van der Waals surface area contributed by atoms with E-state index in [1.807, 2.05) is 36.7 Å². The van der Waals surface area contributed by atoms with Gasteiger partial charge in [-0.3, -0.25) is 10.1 Å². The third-order valence-corrected chi connectivity index (χ3v) is 4.60. The van der Waals surface area contributed by atoms with Crippen molar-refractivity contribution < 1.29 is 21.9 Å². The monoisotopic (exact) mass is 408 g/mol. The van der Waals surface area contributed by atoms with Crippen molar-refractivity contribution in [2.75, 3.05) is 0 Å². The number of nitrogens with zero attached hydrogens (tertiary/aromatic N) is 2. The first kappa shape index (κ1) is 20.2. The van der Waals surface area contributed by atoms with Crippen LogP contribution in [-0.4, -0.2) is 4.92 Å². The predicted octanol–water partition coefficient (Wildman–Crippen LogP) is 1.83. The zero-order chi connectivity index (χ0) is 17.8. The first-order valence-electron chi connectivity index (χ1n) is 7.66. The van der Waals surface area contributed by atoms with Crippen LogP contribution >= 0.6 is 23.2 Å². The maximum absolute atomic E-state index is 10.7. The normalized spacial score (nSPS) is 10.2. The van der Waals surface area contributed by atoms with E-state index in [-0.39, 0.29) is 18.1 Å². The Morgan fingerprint density at radius 2 is 1.42 bits per heavy atom. The van der Waals surface area contributed by atoms with Gasteiger partial charge in [-0.15, -0.1) is 0 Å². The quantitative estimate of drug-likeness (QED) is 0.367. The molecule has 0 aliphatic heterocycles. The van der Waals surface area contributed by atoms with Crippen LogP contribution in [0, 0.1) is 10.1 Å². The number of nitro groups is 1. The van der Waals surface area contributed by atoms with Crippen LogP contribution in [0.25, 0.3) is 0 Å². The van der Waals surface area contributed by atoms with Crippen molar-refractivity contribution in [2.45, 2.75) is 13.0 Å². The Morgan fingerprint density at radius 1 is 0.846 bits per heavy atom. The number of pyridine rings is 1. The summed E-state index contributed by atoms with van der Waals surface area (Å²) < 4.78 is 2.05. The van der Waals surface area contributed by atoms with Gasteiger partial charge in [0.05, 0.1) is 15.0 Å². The van der Waals surface area contributed by atoms with Crippen molar-refractivity contribution in [3.63, 3.8) is 0 Å². The van der Waals surface area contributed by atoms with Gasteiger partial charge in [0, 0.05) is 29.8 Å². The van der Waals surface area contributed by atoms with Gasteiger partial charge in [-0.2, -0.15) is 0 Å². The third kappa shape index (κ3) is 5.18. The van der Waals surface area contributed by atoms with E-state index in [1.54, 1.807) is 18.2 Å². The van der Waals surface area contributed by atoms with Crippen molar-refractivity contribution >= 4 is 28.9 Å². The Kier molecular flexibility index (Phi) is 6.98. The lowest BCUT2D eigenvalue weighted by Crippen LogP contribution is -3.00. The molecule has 0 spiro atoms. The van der Waals surface area contributed by atoms with Crippen LogP contribution in [0.5, 0.6) is 0 Å². The van der Waals surface area contributed by atoms with Crippen molar-refractivity contribution in [1.29, 1.82) is 0 Å². The molecule has 1 aromatic heterocycles. The average molecular weight is 410 g/mol. The smallest absolute Gasteiger partial charge is 0.269 e. The summed E-state index contributed by atoms with van der Waals surface area (Å²) >= 11 is 12.0. The van der Waals surface area contributed by atoms with Crippen LogP contribution in [0.3, 0.4) is 0 Å². The fourth-order valence-electron chi connectivity index (χ4n) is 2.53. The molecule has 0 unspecified atom stereocenters. The topological polar surface area (TPSA) is 47.0 Å². The molecule has 134 valence electrons. The lowest BCUT2D eigenvalue weighted by atomic mass is 10.1. The Morgan fingerprint density at radius 3 is 2.00 bits per heavy atom. The van der Waals surface area contributed by atoms with Crippen LogP contribution in [0.1, 0.15) is 16.7 Å². The molecule has 0 atom stereocenters. The predicted molar refractivity (Wildman–Crippen MR) is 98.1 cm³/mol. The highest BCUT2D eigenvalue weighted by Crippen LogP contribution is 2.22. The summed E-state index contributed by atoms with van der Waals surface area (Å²) in [5, 5.41) is 11.8. The molecule has 4 nitrogen and oxygen atoms in total. The summed E-state index contributed by atoms with van der Waals surface area (Å²) in [7, 11) is 0. The van der Waals surface area contributed by atoms with Crippen LogP contribution in [0.15, 0.2) is 67.0 Å². The summed E-state index contributed by atoms with van der Waals surface area (Å²) in [5.41, 5.74) is 3.35. The van der Waals surface area contributed by atoms with E-state index < -0.39 is 4.92 Å². The van der Waals surface area contributed by atoms with Gasteiger partial charge in [0.25, 0.3) is 5.69 Å². The fraction of sp³-hybridized carbons (Fsp3) is 0.105. The van der Waals surface area contributed by atoms with Crippen molar-refractivity contribution in [1.82, 2.24) is 0 Å². The second-order valence-electron chi connectivity index (χ2n) is 5.73. The van der Waals surface area contributed by atoms with Crippen molar-refractivity contribution in [3.05, 3.63) is 104 Å². The second-order valence-corrected chi connectivity index (χ2v) is 6.54. The molecule has 0 amide bonds. The number of non-ortho nitro benzene ring substituents is 1. The fourth-order valence-corrected chi connectivity index (χ4v) is 2.85. The number of aromatic nitrogens is 1. The number of benzene rings is 2. The maximum atomic E-state index is 10.7. The molecule has 2 aromatic carbocycles. The van der Waals surface area contributed by atoms with Crippen molar-refractivity contribution in [3.8, 4) is 0 Å². The highest BCUT2D eigenvalue weighted by Gasteiger charge is 2.07. The van der Waals surface area contributed by atoms with Gasteiger partial charge in [-0.1, -0.05) is 41.4 Å². The molecule has 3 rings (SSSR count). The summed E-state index contributed by atoms with van der Waals surface area (Å²) in [5.74, 6) is 0. The van der Waals surface area contributed by atoms with Crippen LogP contribution in [-0.2, 0) is 13.0 Å². The molecule has 0 aliphatic carbocycles. The number of rotatable bonds is 5. The highest BCUT2D eigenvalue weighted by molar-refractivity contribution is 6.42. The number of halogens is 3. The molecule has 0 aliphatic rings. The Hall–Kier alpha value is -2.14. The number of hydrogen-bond acceptors (Lipinski definition) is 2. The van der Waals surface area contributed by atoms with E-state index >= 15 is 0 Å². The third-order valence-electron chi connectivity index (χ3n) is 3.86. The Labute approximate surface area is 167 Å². The van der Waals surface area contributed by atoms with E-state index in [9.17, 15) is 10.1 Å².